The van der Waals surface area contributed by atoms with Gasteiger partial charge in [0, 0.05) is 70.2 Å². The Bertz CT molecular complexity index is 780. The molecule has 1 saturated heterocycles. The summed E-state index contributed by atoms with van der Waals surface area (Å²) in [5.41, 5.74) is 1.65. The number of nitrogens with zero attached hydrogens (tertiary/aromatic N) is 4. The maximum absolute atomic E-state index is 12.6. The third-order valence-corrected chi connectivity index (χ3v) is 4.35. The molecule has 26 heavy (non-hydrogen) atoms. The van der Waals surface area contributed by atoms with Gasteiger partial charge >= 0.3 is 0 Å². The molecule has 0 saturated carbocycles. The fourth-order valence-corrected chi connectivity index (χ4v) is 2.97. The highest BCUT2D eigenvalue weighted by molar-refractivity contribution is 5.99. The van der Waals surface area contributed by atoms with Crippen molar-refractivity contribution in [2.45, 2.75) is 0 Å². The minimum Gasteiger partial charge on any atom is -0.351 e. The number of benzene rings is 1. The second-order valence-corrected chi connectivity index (χ2v) is 6.22. The number of hydrogen-bond acceptors (Lipinski definition) is 6. The maximum Gasteiger partial charge on any atom is 0.269 e. The zero-order valence-electron chi connectivity index (χ0n) is 14.6. The summed E-state index contributed by atoms with van der Waals surface area (Å²) in [6.07, 6.45) is 1.66. The molecule has 9 heteroatoms. The normalized spacial score (nSPS) is 15.0. The first-order chi connectivity index (χ1) is 12.5. The number of carbonyl (C=O) groups excluding carboxylic acids is 1. The number of non-ortho nitro benzene ring substituents is 1. The molecule has 2 aromatic rings. The lowest BCUT2D eigenvalue weighted by Crippen LogP contribution is -2.46. The van der Waals surface area contributed by atoms with Crippen LogP contribution >= 0.6 is 0 Å². The van der Waals surface area contributed by atoms with Gasteiger partial charge < -0.3 is 10.6 Å². The first-order valence-electron chi connectivity index (χ1n) is 8.54. The van der Waals surface area contributed by atoms with Crippen molar-refractivity contribution in [2.75, 3.05) is 39.3 Å². The van der Waals surface area contributed by atoms with Crippen LogP contribution in [-0.2, 0) is 7.05 Å². The molecule has 0 radical (unpaired) electrons. The number of aromatic nitrogens is 2. The van der Waals surface area contributed by atoms with Crippen LogP contribution in [0.15, 0.2) is 30.5 Å². The molecular weight excluding hydrogens is 336 g/mol. The van der Waals surface area contributed by atoms with Crippen molar-refractivity contribution < 1.29 is 9.72 Å². The number of nitrogens with one attached hydrogen (secondary N) is 2. The van der Waals surface area contributed by atoms with Gasteiger partial charge in [0.05, 0.1) is 10.5 Å². The first-order valence-corrected chi connectivity index (χ1v) is 8.54. The topological polar surface area (TPSA) is 105 Å². The van der Waals surface area contributed by atoms with E-state index in [1.165, 1.54) is 12.1 Å². The number of rotatable bonds is 6. The van der Waals surface area contributed by atoms with Crippen molar-refractivity contribution in [1.82, 2.24) is 25.3 Å². The van der Waals surface area contributed by atoms with Crippen LogP contribution in [0.2, 0.25) is 0 Å². The molecule has 138 valence electrons. The summed E-state index contributed by atoms with van der Waals surface area (Å²) in [7, 11) is 1.74. The molecule has 1 aromatic heterocycles. The van der Waals surface area contributed by atoms with E-state index in [-0.39, 0.29) is 11.6 Å². The highest BCUT2D eigenvalue weighted by atomic mass is 16.6. The van der Waals surface area contributed by atoms with Crippen LogP contribution in [-0.4, -0.2) is 64.8 Å². The van der Waals surface area contributed by atoms with Gasteiger partial charge in [-0.05, 0) is 12.1 Å². The van der Waals surface area contributed by atoms with Gasteiger partial charge in [-0.25, -0.2) is 0 Å². The molecular formula is C17H22N6O3. The van der Waals surface area contributed by atoms with Gasteiger partial charge in [-0.2, -0.15) is 5.10 Å². The highest BCUT2D eigenvalue weighted by Crippen LogP contribution is 2.24. The number of amides is 1. The molecule has 1 aliphatic heterocycles. The van der Waals surface area contributed by atoms with Gasteiger partial charge in [-0.15, -0.1) is 0 Å². The molecule has 0 atom stereocenters. The summed E-state index contributed by atoms with van der Waals surface area (Å²) in [5, 5.41) is 21.4. The molecule has 0 bridgehead atoms. The van der Waals surface area contributed by atoms with Crippen molar-refractivity contribution in [1.29, 1.82) is 0 Å². The minimum atomic E-state index is -0.452. The van der Waals surface area contributed by atoms with Crippen molar-refractivity contribution in [2.24, 2.45) is 7.05 Å². The Labute approximate surface area is 151 Å². The third-order valence-electron chi connectivity index (χ3n) is 4.35. The third kappa shape index (κ3) is 4.24. The summed E-state index contributed by atoms with van der Waals surface area (Å²) in [4.78, 5) is 25.2. The number of nitro groups is 1. The Morgan fingerprint density at radius 3 is 2.65 bits per heavy atom. The molecule has 0 unspecified atom stereocenters. The van der Waals surface area contributed by atoms with Crippen molar-refractivity contribution >= 4 is 11.6 Å². The summed E-state index contributed by atoms with van der Waals surface area (Å²) in [5.74, 6) is -0.193. The van der Waals surface area contributed by atoms with E-state index >= 15 is 0 Å². The largest absolute Gasteiger partial charge is 0.351 e. The van der Waals surface area contributed by atoms with E-state index in [1.54, 1.807) is 30.1 Å². The van der Waals surface area contributed by atoms with Crippen LogP contribution in [0.25, 0.3) is 11.3 Å². The lowest BCUT2D eigenvalue weighted by molar-refractivity contribution is -0.384. The molecule has 1 aromatic carbocycles. The smallest absolute Gasteiger partial charge is 0.269 e. The number of hydrogen-bond donors (Lipinski definition) is 2. The van der Waals surface area contributed by atoms with Crippen molar-refractivity contribution in [3.8, 4) is 11.3 Å². The van der Waals surface area contributed by atoms with Crippen LogP contribution < -0.4 is 10.6 Å². The lowest BCUT2D eigenvalue weighted by Gasteiger charge is -2.27. The molecule has 1 amide bonds. The zero-order valence-corrected chi connectivity index (χ0v) is 14.6. The van der Waals surface area contributed by atoms with Gasteiger partial charge in [0.25, 0.3) is 11.6 Å². The molecule has 1 fully saturated rings. The molecule has 2 heterocycles. The van der Waals surface area contributed by atoms with Crippen molar-refractivity contribution in [3.05, 3.63) is 46.1 Å². The maximum atomic E-state index is 12.6. The zero-order chi connectivity index (χ0) is 18.5. The monoisotopic (exact) mass is 358 g/mol. The lowest BCUT2D eigenvalue weighted by atomic mass is 10.1. The van der Waals surface area contributed by atoms with E-state index in [4.69, 9.17) is 0 Å². The summed E-state index contributed by atoms with van der Waals surface area (Å²) in [6.45, 7) is 5.28. The Balaban J connectivity index is 1.67. The molecule has 3 rings (SSSR count). The number of aryl methyl sites for hydroxylation is 1. The van der Waals surface area contributed by atoms with E-state index in [0.717, 1.165) is 32.7 Å². The first kappa shape index (κ1) is 18.0. The Kier molecular flexibility index (Phi) is 5.59. The van der Waals surface area contributed by atoms with Gasteiger partial charge in [0.1, 0.15) is 5.69 Å². The standard InChI is InChI=1S/C17H22N6O3/c1-21-12-15(17(24)19-8-11-22-9-6-18-7-10-22)16(20-21)13-2-4-14(5-3-13)23(25)26/h2-5,12,18H,6-11H2,1H3,(H,19,24). The second-order valence-electron chi connectivity index (χ2n) is 6.22. The van der Waals surface area contributed by atoms with Crippen LogP contribution in [0.3, 0.4) is 0 Å². The van der Waals surface area contributed by atoms with Gasteiger partial charge in [0.2, 0.25) is 0 Å². The molecule has 1 aliphatic rings. The summed E-state index contributed by atoms with van der Waals surface area (Å²) >= 11 is 0. The van der Waals surface area contributed by atoms with Crippen LogP contribution in [0.5, 0.6) is 0 Å². The van der Waals surface area contributed by atoms with Gasteiger partial charge in [0.15, 0.2) is 0 Å². The fraction of sp³-hybridized carbons (Fsp3) is 0.412. The van der Waals surface area contributed by atoms with Gasteiger partial charge in [-0.1, -0.05) is 0 Å². The number of nitro benzene ring substituents is 1. The molecule has 9 nitrogen and oxygen atoms in total. The van der Waals surface area contributed by atoms with E-state index in [9.17, 15) is 14.9 Å². The van der Waals surface area contributed by atoms with E-state index in [0.29, 0.717) is 23.4 Å². The minimum absolute atomic E-state index is 0.00621. The highest BCUT2D eigenvalue weighted by Gasteiger charge is 2.18. The van der Waals surface area contributed by atoms with Crippen LogP contribution in [0.1, 0.15) is 10.4 Å². The molecule has 0 spiro atoms. The summed E-state index contributed by atoms with van der Waals surface area (Å²) in [6, 6.07) is 6.04. The molecule has 0 aliphatic carbocycles. The van der Waals surface area contributed by atoms with Crippen molar-refractivity contribution in [3.63, 3.8) is 0 Å². The average molecular weight is 358 g/mol. The van der Waals surface area contributed by atoms with E-state index < -0.39 is 4.92 Å². The predicted octanol–water partition coefficient (Wildman–Crippen LogP) is 0.630. The Hall–Kier alpha value is -2.78. The van der Waals surface area contributed by atoms with Gasteiger partial charge in [-0.3, -0.25) is 24.5 Å². The average Bonchev–Trinajstić information content (AvgIpc) is 3.04. The number of carbonyl (C=O) groups is 1. The van der Waals surface area contributed by atoms with Crippen LogP contribution in [0.4, 0.5) is 5.69 Å². The molecule has 2 N–H and O–H groups in total. The van der Waals surface area contributed by atoms with E-state index in [2.05, 4.69) is 20.6 Å². The Morgan fingerprint density at radius 2 is 2.00 bits per heavy atom. The fourth-order valence-electron chi connectivity index (χ4n) is 2.97. The summed E-state index contributed by atoms with van der Waals surface area (Å²) < 4.78 is 1.57. The number of piperazine rings is 1. The second kappa shape index (κ2) is 8.07. The van der Waals surface area contributed by atoms with Crippen LogP contribution in [0, 0.1) is 10.1 Å². The Morgan fingerprint density at radius 1 is 1.31 bits per heavy atom. The quantitative estimate of drug-likeness (QED) is 0.580. The SMILES string of the molecule is Cn1cc(C(=O)NCCN2CCNCC2)c(-c2ccc([N+](=O)[O-])cc2)n1. The van der Waals surface area contributed by atoms with E-state index in [1.807, 2.05) is 0 Å². The predicted molar refractivity (Wildman–Crippen MR) is 96.9 cm³/mol.